The van der Waals surface area contributed by atoms with E-state index in [-0.39, 0.29) is 12.2 Å². The van der Waals surface area contributed by atoms with Gasteiger partial charge in [-0.05, 0) is 27.7 Å². The predicted octanol–water partition coefficient (Wildman–Crippen LogP) is -0.186. The van der Waals surface area contributed by atoms with Gasteiger partial charge in [0.05, 0.1) is 22.5 Å². The number of rotatable bonds is 5. The third-order valence-electron chi connectivity index (χ3n) is 1.34. The summed E-state index contributed by atoms with van der Waals surface area (Å²) >= 11 is 0. The fourth-order valence-electron chi connectivity index (χ4n) is 1.12. The average molecular weight is 191 g/mol. The summed E-state index contributed by atoms with van der Waals surface area (Å²) in [5.41, 5.74) is 5.09. The van der Waals surface area contributed by atoms with Crippen LogP contribution in [0.15, 0.2) is 0 Å². The first-order valence-electron chi connectivity index (χ1n) is 4.45. The molecule has 0 amide bonds. The van der Waals surface area contributed by atoms with Crippen LogP contribution in [0.2, 0.25) is 0 Å². The maximum atomic E-state index is 5.61. The fourth-order valence-corrected chi connectivity index (χ4v) is 2.06. The third-order valence-corrected chi connectivity index (χ3v) is 2.22. The van der Waals surface area contributed by atoms with Gasteiger partial charge in [0, 0.05) is 6.54 Å². The molecule has 0 aromatic heterocycles. The van der Waals surface area contributed by atoms with Crippen LogP contribution < -0.4 is 5.73 Å². The Balaban J connectivity index is 4.04. The van der Waals surface area contributed by atoms with Gasteiger partial charge in [-0.1, -0.05) is 0 Å². The lowest BCUT2D eigenvalue weighted by Crippen LogP contribution is -2.47. The van der Waals surface area contributed by atoms with E-state index in [4.69, 9.17) is 15.2 Å². The van der Waals surface area contributed by atoms with Gasteiger partial charge in [-0.15, -0.1) is 0 Å². The summed E-state index contributed by atoms with van der Waals surface area (Å²) < 4.78 is 11.2. The molecular weight excluding hydrogens is 170 g/mol. The molecule has 0 radical (unpaired) electrons. The number of ether oxygens (including phenoxy) is 2. The molecule has 0 saturated carbocycles. The van der Waals surface area contributed by atoms with Crippen LogP contribution in [0.25, 0.3) is 0 Å². The van der Waals surface area contributed by atoms with Crippen LogP contribution in [0.3, 0.4) is 0 Å². The summed E-state index contributed by atoms with van der Waals surface area (Å²) in [4.78, 5) is 0. The third kappa shape index (κ3) is 4.87. The second-order valence-corrected chi connectivity index (χ2v) is 5.19. The van der Waals surface area contributed by atoms with Gasteiger partial charge in [-0.25, -0.2) is 0 Å². The van der Waals surface area contributed by atoms with Crippen molar-refractivity contribution >= 4 is 10.2 Å². The molecule has 0 aromatic rings. The molecule has 0 fully saturated rings. The summed E-state index contributed by atoms with van der Waals surface area (Å²) in [5.74, 6) is 0. The first-order valence-corrected chi connectivity index (χ1v) is 5.45. The SMILES string of the molecule is CC(C)OC([SiH3])(CN)OC(C)C. The Morgan fingerprint density at radius 1 is 1.17 bits per heavy atom. The van der Waals surface area contributed by atoms with Crippen LogP contribution in [-0.4, -0.2) is 34.4 Å². The lowest BCUT2D eigenvalue weighted by atomic mass is 10.4. The molecule has 2 N–H and O–H groups in total. The molecule has 0 aliphatic heterocycles. The van der Waals surface area contributed by atoms with Gasteiger partial charge in [-0.2, -0.15) is 0 Å². The van der Waals surface area contributed by atoms with Crippen molar-refractivity contribution in [2.45, 2.75) is 45.3 Å². The van der Waals surface area contributed by atoms with Crippen LogP contribution in [0.1, 0.15) is 27.7 Å². The van der Waals surface area contributed by atoms with E-state index in [1.54, 1.807) is 0 Å². The molecule has 0 spiro atoms. The number of hydrogen-bond donors (Lipinski definition) is 1. The summed E-state index contributed by atoms with van der Waals surface area (Å²) in [5, 5.41) is 0. The summed E-state index contributed by atoms with van der Waals surface area (Å²) in [6, 6.07) is 0. The van der Waals surface area contributed by atoms with Crippen LogP contribution in [0.4, 0.5) is 0 Å². The van der Waals surface area contributed by atoms with Gasteiger partial charge in [-0.3, -0.25) is 0 Å². The predicted molar refractivity (Wildman–Crippen MR) is 54.2 cm³/mol. The summed E-state index contributed by atoms with van der Waals surface area (Å²) in [6.45, 7) is 8.41. The highest BCUT2D eigenvalue weighted by Gasteiger charge is 2.26. The highest BCUT2D eigenvalue weighted by molar-refractivity contribution is 6.13. The van der Waals surface area contributed by atoms with Gasteiger partial charge in [0.1, 0.15) is 0 Å². The Labute approximate surface area is 78.0 Å². The molecule has 0 aliphatic rings. The van der Waals surface area contributed by atoms with Crippen molar-refractivity contribution in [1.29, 1.82) is 0 Å². The maximum Gasteiger partial charge on any atom is 0.153 e. The second-order valence-electron chi connectivity index (χ2n) is 3.67. The Hall–Kier alpha value is 0.0969. The smallest absolute Gasteiger partial charge is 0.153 e. The van der Waals surface area contributed by atoms with Crippen molar-refractivity contribution < 1.29 is 9.47 Å². The normalized spacial score (nSPS) is 13.2. The standard InChI is InChI=1S/C8H21NO2Si/c1-6(2)10-8(12,5-9)11-7(3)4/h6-7H,5,9H2,1-4,12H3. The molecular formula is C8H21NO2Si. The van der Waals surface area contributed by atoms with Crippen LogP contribution in [-0.2, 0) is 9.47 Å². The Morgan fingerprint density at radius 2 is 1.50 bits per heavy atom. The lowest BCUT2D eigenvalue weighted by molar-refractivity contribution is -0.208. The van der Waals surface area contributed by atoms with Crippen LogP contribution in [0, 0.1) is 0 Å². The van der Waals surface area contributed by atoms with Crippen LogP contribution >= 0.6 is 0 Å². The van der Waals surface area contributed by atoms with Crippen molar-refractivity contribution in [2.24, 2.45) is 5.73 Å². The minimum atomic E-state index is -0.498. The quantitative estimate of drug-likeness (QED) is 0.484. The highest BCUT2D eigenvalue weighted by Crippen LogP contribution is 2.12. The minimum Gasteiger partial charge on any atom is -0.351 e. The van der Waals surface area contributed by atoms with E-state index in [2.05, 4.69) is 0 Å². The van der Waals surface area contributed by atoms with E-state index >= 15 is 0 Å². The Morgan fingerprint density at radius 3 is 1.67 bits per heavy atom. The largest absolute Gasteiger partial charge is 0.351 e. The van der Waals surface area contributed by atoms with Crippen molar-refractivity contribution in [2.75, 3.05) is 6.54 Å². The van der Waals surface area contributed by atoms with E-state index in [1.807, 2.05) is 27.7 Å². The van der Waals surface area contributed by atoms with E-state index in [0.717, 1.165) is 10.2 Å². The fraction of sp³-hybridized carbons (Fsp3) is 1.00. The van der Waals surface area contributed by atoms with Crippen molar-refractivity contribution in [3.05, 3.63) is 0 Å². The molecule has 0 bridgehead atoms. The van der Waals surface area contributed by atoms with E-state index < -0.39 is 5.41 Å². The first kappa shape index (κ1) is 12.1. The van der Waals surface area contributed by atoms with E-state index in [0.29, 0.717) is 6.54 Å². The maximum absolute atomic E-state index is 5.61. The molecule has 3 nitrogen and oxygen atoms in total. The summed E-state index contributed by atoms with van der Waals surface area (Å²) in [6.07, 6.45) is 0.342. The van der Waals surface area contributed by atoms with Crippen molar-refractivity contribution in [3.8, 4) is 0 Å². The van der Waals surface area contributed by atoms with E-state index in [9.17, 15) is 0 Å². The lowest BCUT2D eigenvalue weighted by Gasteiger charge is -2.32. The molecule has 0 unspecified atom stereocenters. The zero-order valence-electron chi connectivity index (χ0n) is 8.76. The summed E-state index contributed by atoms with van der Waals surface area (Å²) in [7, 11) is 0.795. The molecule has 0 aliphatic carbocycles. The zero-order chi connectivity index (χ0) is 9.78. The number of nitrogens with two attached hydrogens (primary N) is 1. The van der Waals surface area contributed by atoms with Gasteiger partial charge in [0.2, 0.25) is 0 Å². The molecule has 12 heavy (non-hydrogen) atoms. The second kappa shape index (κ2) is 4.96. The van der Waals surface area contributed by atoms with Gasteiger partial charge in [0.15, 0.2) is 5.41 Å². The zero-order valence-corrected chi connectivity index (χ0v) is 10.8. The van der Waals surface area contributed by atoms with Gasteiger partial charge >= 0.3 is 0 Å². The Bertz CT molecular complexity index is 118. The molecule has 4 heteroatoms. The van der Waals surface area contributed by atoms with Gasteiger partial charge < -0.3 is 15.2 Å². The van der Waals surface area contributed by atoms with Gasteiger partial charge in [0.25, 0.3) is 0 Å². The van der Waals surface area contributed by atoms with E-state index in [1.165, 1.54) is 0 Å². The van der Waals surface area contributed by atoms with Crippen LogP contribution in [0.5, 0.6) is 0 Å². The Kier molecular flexibility index (Phi) is 5.00. The molecule has 0 atom stereocenters. The molecule has 0 rings (SSSR count). The van der Waals surface area contributed by atoms with Crippen molar-refractivity contribution in [3.63, 3.8) is 0 Å². The number of hydrogen-bond acceptors (Lipinski definition) is 3. The highest BCUT2D eigenvalue weighted by atomic mass is 28.1. The average Bonchev–Trinajstić information content (AvgIpc) is 1.83. The molecule has 0 saturated heterocycles. The topological polar surface area (TPSA) is 44.5 Å². The first-order chi connectivity index (χ1) is 5.39. The molecule has 74 valence electrons. The molecule has 0 heterocycles. The minimum absolute atomic E-state index is 0.171. The monoisotopic (exact) mass is 191 g/mol. The van der Waals surface area contributed by atoms with Crippen molar-refractivity contribution in [1.82, 2.24) is 0 Å². The molecule has 0 aromatic carbocycles.